The molecule has 31 heavy (non-hydrogen) atoms. The number of hydrogen-bond donors (Lipinski definition) is 2. The Balaban J connectivity index is 1.35. The van der Waals surface area contributed by atoms with Gasteiger partial charge in [-0.05, 0) is 36.1 Å². The Labute approximate surface area is 182 Å². The molecule has 164 valence electrons. The van der Waals surface area contributed by atoms with E-state index in [9.17, 15) is 0 Å². The number of amidine groups is 1. The second kappa shape index (κ2) is 9.07. The van der Waals surface area contributed by atoms with Gasteiger partial charge in [0.25, 0.3) is 0 Å². The summed E-state index contributed by atoms with van der Waals surface area (Å²) in [6.07, 6.45) is 1.96. The van der Waals surface area contributed by atoms with Gasteiger partial charge in [0.1, 0.15) is 11.5 Å². The van der Waals surface area contributed by atoms with Crippen molar-refractivity contribution < 1.29 is 9.47 Å². The van der Waals surface area contributed by atoms with E-state index in [1.165, 1.54) is 16.7 Å². The van der Waals surface area contributed by atoms with Crippen LogP contribution in [0.25, 0.3) is 0 Å². The Kier molecular flexibility index (Phi) is 5.86. The fourth-order valence-corrected chi connectivity index (χ4v) is 4.41. The first kappa shape index (κ1) is 20.0. The normalized spacial score (nSPS) is 20.9. The van der Waals surface area contributed by atoms with E-state index >= 15 is 0 Å². The lowest BCUT2D eigenvalue weighted by Crippen LogP contribution is -2.44. The second-order valence-corrected chi connectivity index (χ2v) is 8.10. The lowest BCUT2D eigenvalue weighted by Gasteiger charge is -2.27. The highest BCUT2D eigenvalue weighted by Crippen LogP contribution is 2.30. The number of methoxy groups -OCH3 is 1. The zero-order valence-corrected chi connectivity index (χ0v) is 17.9. The van der Waals surface area contributed by atoms with Gasteiger partial charge in [-0.25, -0.2) is 0 Å². The molecule has 1 aliphatic carbocycles. The standard InChI is InChI=1S/C22H29N7O2/c1-30-18-5-2-16(3-6-18)14-29-15-17-4-7-19-20(17)21(25-27-24-19)22(26-29)23-8-9-28-10-12-31-13-11-28/h2-3,5-6,27H,4,7-15H2,1H3,(H,23,26). The first-order valence-electron chi connectivity index (χ1n) is 10.9. The molecule has 3 aliphatic heterocycles. The van der Waals surface area contributed by atoms with Gasteiger partial charge in [-0.3, -0.25) is 9.91 Å². The van der Waals surface area contributed by atoms with Gasteiger partial charge in [-0.1, -0.05) is 12.1 Å². The van der Waals surface area contributed by atoms with Gasteiger partial charge >= 0.3 is 0 Å². The molecule has 0 radical (unpaired) electrons. The predicted molar refractivity (Wildman–Crippen MR) is 120 cm³/mol. The Morgan fingerprint density at radius 2 is 1.97 bits per heavy atom. The summed E-state index contributed by atoms with van der Waals surface area (Å²) in [5.41, 5.74) is 8.56. The van der Waals surface area contributed by atoms with Crippen LogP contribution in [0.1, 0.15) is 18.4 Å². The van der Waals surface area contributed by atoms with Crippen LogP contribution in [0, 0.1) is 0 Å². The van der Waals surface area contributed by atoms with Gasteiger partial charge in [0.2, 0.25) is 0 Å². The fourth-order valence-electron chi connectivity index (χ4n) is 4.41. The third-order valence-corrected chi connectivity index (χ3v) is 6.08. The minimum Gasteiger partial charge on any atom is -0.497 e. The van der Waals surface area contributed by atoms with E-state index in [4.69, 9.17) is 14.6 Å². The molecule has 4 aliphatic rings. The lowest BCUT2D eigenvalue weighted by molar-refractivity contribution is 0.0389. The minimum atomic E-state index is 0.725. The molecule has 2 N–H and O–H groups in total. The van der Waals surface area contributed by atoms with Crippen LogP contribution in [0.4, 0.5) is 0 Å². The maximum Gasteiger partial charge on any atom is 0.174 e. The van der Waals surface area contributed by atoms with E-state index in [1.54, 1.807) is 7.11 Å². The first-order valence-corrected chi connectivity index (χ1v) is 10.9. The molecule has 1 aromatic carbocycles. The number of rotatable bonds is 6. The molecule has 5 rings (SSSR count). The molecule has 1 fully saturated rings. The Morgan fingerprint density at radius 1 is 1.13 bits per heavy atom. The van der Waals surface area contributed by atoms with E-state index in [0.29, 0.717) is 0 Å². The van der Waals surface area contributed by atoms with Crippen molar-refractivity contribution >= 4 is 17.3 Å². The van der Waals surface area contributed by atoms with Crippen molar-refractivity contribution in [1.82, 2.24) is 20.8 Å². The molecule has 1 aromatic rings. The first-order chi connectivity index (χ1) is 15.3. The van der Waals surface area contributed by atoms with Crippen molar-refractivity contribution in [3.63, 3.8) is 0 Å². The van der Waals surface area contributed by atoms with Crippen LogP contribution in [-0.4, -0.2) is 80.2 Å². The number of benzene rings is 1. The van der Waals surface area contributed by atoms with Gasteiger partial charge < -0.3 is 14.8 Å². The van der Waals surface area contributed by atoms with Gasteiger partial charge in [0.05, 0.1) is 39.1 Å². The number of nitrogens with zero attached hydrogens (tertiary/aromatic N) is 5. The molecule has 3 heterocycles. The molecule has 9 nitrogen and oxygen atoms in total. The Hall–Kier alpha value is -2.91. The van der Waals surface area contributed by atoms with Crippen molar-refractivity contribution in [1.29, 1.82) is 0 Å². The van der Waals surface area contributed by atoms with Crippen LogP contribution in [-0.2, 0) is 11.3 Å². The number of ether oxygens (including phenoxy) is 2. The SMILES string of the molecule is COc1ccc(CN2CC3=C4C(=NNN=C4C(NCCN4CCOCC4)=N2)CC3)cc1. The highest BCUT2D eigenvalue weighted by Gasteiger charge is 2.33. The molecule has 0 atom stereocenters. The van der Waals surface area contributed by atoms with Crippen molar-refractivity contribution in [3.8, 4) is 5.75 Å². The third-order valence-electron chi connectivity index (χ3n) is 6.08. The summed E-state index contributed by atoms with van der Waals surface area (Å²) in [7, 11) is 1.69. The Morgan fingerprint density at radius 3 is 2.77 bits per heavy atom. The summed E-state index contributed by atoms with van der Waals surface area (Å²) in [6.45, 7) is 6.85. The molecular weight excluding hydrogens is 394 g/mol. The van der Waals surface area contributed by atoms with Crippen molar-refractivity contribution in [2.75, 3.05) is 53.0 Å². The lowest BCUT2D eigenvalue weighted by atomic mass is 10.0. The van der Waals surface area contributed by atoms with Gasteiger partial charge in [-0.2, -0.15) is 20.8 Å². The van der Waals surface area contributed by atoms with Crippen LogP contribution < -0.4 is 15.6 Å². The topological polar surface area (TPSA) is 86.1 Å². The van der Waals surface area contributed by atoms with E-state index in [0.717, 1.165) is 88.3 Å². The molecule has 0 saturated carbocycles. The fraction of sp³-hybridized carbons (Fsp3) is 0.500. The van der Waals surface area contributed by atoms with E-state index in [-0.39, 0.29) is 0 Å². The maximum atomic E-state index is 5.45. The van der Waals surface area contributed by atoms with Crippen molar-refractivity contribution in [2.45, 2.75) is 19.4 Å². The summed E-state index contributed by atoms with van der Waals surface area (Å²) in [5, 5.41) is 19.6. The Bertz CT molecular complexity index is 930. The quantitative estimate of drug-likeness (QED) is 0.714. The highest BCUT2D eigenvalue weighted by atomic mass is 16.5. The van der Waals surface area contributed by atoms with Crippen LogP contribution in [0.15, 0.2) is 50.7 Å². The summed E-state index contributed by atoms with van der Waals surface area (Å²) < 4.78 is 10.7. The van der Waals surface area contributed by atoms with E-state index in [2.05, 4.69) is 43.1 Å². The van der Waals surface area contributed by atoms with Crippen LogP contribution in [0.5, 0.6) is 5.75 Å². The smallest absolute Gasteiger partial charge is 0.174 e. The molecule has 0 unspecified atom stereocenters. The van der Waals surface area contributed by atoms with Gasteiger partial charge in [0, 0.05) is 31.8 Å². The van der Waals surface area contributed by atoms with Gasteiger partial charge in [0.15, 0.2) is 5.84 Å². The average molecular weight is 424 g/mol. The molecule has 9 heteroatoms. The summed E-state index contributed by atoms with van der Waals surface area (Å²) in [4.78, 5) is 2.41. The summed E-state index contributed by atoms with van der Waals surface area (Å²) >= 11 is 0. The number of nitrogens with one attached hydrogen (secondary N) is 2. The summed E-state index contributed by atoms with van der Waals surface area (Å²) in [6, 6.07) is 8.18. The molecule has 0 amide bonds. The van der Waals surface area contributed by atoms with Gasteiger partial charge in [-0.15, -0.1) is 0 Å². The van der Waals surface area contributed by atoms with E-state index < -0.39 is 0 Å². The highest BCUT2D eigenvalue weighted by molar-refractivity contribution is 6.54. The number of hydrazone groups is 3. The van der Waals surface area contributed by atoms with Crippen molar-refractivity contribution in [2.24, 2.45) is 15.3 Å². The molecule has 0 spiro atoms. The largest absolute Gasteiger partial charge is 0.497 e. The number of morpholine rings is 1. The third kappa shape index (κ3) is 4.42. The summed E-state index contributed by atoms with van der Waals surface area (Å²) in [5.74, 6) is 1.68. The number of hydrogen-bond acceptors (Lipinski definition) is 9. The zero-order chi connectivity index (χ0) is 21.0. The average Bonchev–Trinajstić information content (AvgIpc) is 3.15. The van der Waals surface area contributed by atoms with Crippen LogP contribution >= 0.6 is 0 Å². The monoisotopic (exact) mass is 423 g/mol. The predicted octanol–water partition coefficient (Wildman–Crippen LogP) is 1.15. The molecule has 0 aromatic heterocycles. The maximum absolute atomic E-state index is 5.45. The van der Waals surface area contributed by atoms with Crippen LogP contribution in [0.3, 0.4) is 0 Å². The van der Waals surface area contributed by atoms with Crippen LogP contribution in [0.2, 0.25) is 0 Å². The minimum absolute atomic E-state index is 0.725. The van der Waals surface area contributed by atoms with Crippen molar-refractivity contribution in [3.05, 3.63) is 41.0 Å². The molecule has 0 bridgehead atoms. The van der Waals surface area contributed by atoms with E-state index in [1.807, 2.05) is 12.1 Å². The molecule has 1 saturated heterocycles. The second-order valence-electron chi connectivity index (χ2n) is 8.10. The zero-order valence-electron chi connectivity index (χ0n) is 17.9. The molecular formula is C22H29N7O2.